The summed E-state index contributed by atoms with van der Waals surface area (Å²) in [5.41, 5.74) is 1.74. The Morgan fingerprint density at radius 1 is 1.25 bits per heavy atom. The van der Waals surface area contributed by atoms with Gasteiger partial charge < -0.3 is 30.0 Å². The lowest BCUT2D eigenvalue weighted by atomic mass is 10.1. The number of carbonyl (C=O) groups excluding carboxylic acids is 1. The number of amides is 1. The molecule has 2 fully saturated rings. The molecule has 4 rings (SSSR count). The standard InChI is InChI=1S/C23H28FN3O5/c1-30-23-15(3-2-8-26-23)12-25-13-19-21(29)22-18(32-19)9-17(31-22)10-20(28)27-11-14-4-6-16(24)7-5-14/h2-8,17-19,21-22,25,29H,9-13H2,1H3,(H,27,28). The van der Waals surface area contributed by atoms with Gasteiger partial charge in [0, 0.05) is 37.8 Å². The van der Waals surface area contributed by atoms with Gasteiger partial charge in [0.15, 0.2) is 0 Å². The largest absolute Gasteiger partial charge is 0.481 e. The second-order valence-electron chi connectivity index (χ2n) is 8.07. The number of hydrogen-bond donors (Lipinski definition) is 3. The van der Waals surface area contributed by atoms with Crippen LogP contribution in [0.3, 0.4) is 0 Å². The van der Waals surface area contributed by atoms with Crippen LogP contribution in [0.2, 0.25) is 0 Å². The van der Waals surface area contributed by atoms with Crippen LogP contribution >= 0.6 is 0 Å². The number of aromatic nitrogens is 1. The smallest absolute Gasteiger partial charge is 0.222 e. The van der Waals surface area contributed by atoms with Crippen LogP contribution in [0.15, 0.2) is 42.6 Å². The van der Waals surface area contributed by atoms with Crippen LogP contribution < -0.4 is 15.4 Å². The van der Waals surface area contributed by atoms with Crippen LogP contribution in [0.4, 0.5) is 4.39 Å². The van der Waals surface area contributed by atoms with E-state index in [0.717, 1.165) is 11.1 Å². The Labute approximate surface area is 186 Å². The van der Waals surface area contributed by atoms with Gasteiger partial charge in [-0.3, -0.25) is 4.79 Å². The Balaban J connectivity index is 1.19. The molecule has 2 aromatic rings. The van der Waals surface area contributed by atoms with Gasteiger partial charge in [-0.15, -0.1) is 0 Å². The van der Waals surface area contributed by atoms with Crippen LogP contribution in [0.25, 0.3) is 0 Å². The van der Waals surface area contributed by atoms with E-state index < -0.39 is 12.2 Å². The number of rotatable bonds is 9. The number of aliphatic hydroxyl groups excluding tert-OH is 1. The van der Waals surface area contributed by atoms with Crippen LogP contribution in [-0.4, -0.2) is 60.2 Å². The number of methoxy groups -OCH3 is 1. The van der Waals surface area contributed by atoms with E-state index in [1.165, 1.54) is 12.1 Å². The summed E-state index contributed by atoms with van der Waals surface area (Å²) in [6, 6.07) is 9.76. The van der Waals surface area contributed by atoms with Crippen molar-refractivity contribution in [2.75, 3.05) is 13.7 Å². The van der Waals surface area contributed by atoms with Crippen molar-refractivity contribution in [3.8, 4) is 5.88 Å². The summed E-state index contributed by atoms with van der Waals surface area (Å²) < 4.78 is 30.1. The summed E-state index contributed by atoms with van der Waals surface area (Å²) in [4.78, 5) is 16.4. The lowest BCUT2D eigenvalue weighted by molar-refractivity contribution is -0.124. The molecule has 172 valence electrons. The average molecular weight is 445 g/mol. The molecule has 2 aliphatic rings. The third kappa shape index (κ3) is 5.42. The molecule has 1 aromatic heterocycles. The lowest BCUT2D eigenvalue weighted by Crippen LogP contribution is -2.39. The topological polar surface area (TPSA) is 102 Å². The van der Waals surface area contributed by atoms with Gasteiger partial charge in [-0.25, -0.2) is 9.37 Å². The summed E-state index contributed by atoms with van der Waals surface area (Å²) in [6.45, 7) is 1.32. The number of ether oxygens (including phenoxy) is 3. The van der Waals surface area contributed by atoms with Crippen molar-refractivity contribution in [1.29, 1.82) is 0 Å². The highest BCUT2D eigenvalue weighted by Crippen LogP contribution is 2.35. The maximum atomic E-state index is 13.0. The number of aliphatic hydroxyl groups is 1. The van der Waals surface area contributed by atoms with Gasteiger partial charge in [-0.1, -0.05) is 18.2 Å². The Morgan fingerprint density at radius 2 is 2.06 bits per heavy atom. The number of nitrogens with one attached hydrogen (secondary N) is 2. The first-order valence-electron chi connectivity index (χ1n) is 10.7. The number of fused-ring (bicyclic) bond motifs is 1. The molecule has 1 aromatic carbocycles. The lowest BCUT2D eigenvalue weighted by Gasteiger charge is -2.20. The minimum atomic E-state index is -0.768. The second-order valence-corrected chi connectivity index (χ2v) is 8.07. The second kappa shape index (κ2) is 10.4. The number of halogens is 1. The predicted molar refractivity (Wildman–Crippen MR) is 113 cm³/mol. The summed E-state index contributed by atoms with van der Waals surface area (Å²) in [5.74, 6) is 0.0981. The predicted octanol–water partition coefficient (Wildman–Crippen LogP) is 1.31. The first-order chi connectivity index (χ1) is 15.5. The Bertz CT molecular complexity index is 913. The minimum absolute atomic E-state index is 0.155. The van der Waals surface area contributed by atoms with Crippen molar-refractivity contribution in [3.05, 3.63) is 59.5 Å². The molecule has 0 radical (unpaired) electrons. The molecule has 2 saturated heterocycles. The molecule has 8 nitrogen and oxygen atoms in total. The molecule has 0 aliphatic carbocycles. The Morgan fingerprint density at radius 3 is 2.81 bits per heavy atom. The van der Waals surface area contributed by atoms with Crippen molar-refractivity contribution in [3.63, 3.8) is 0 Å². The molecule has 9 heteroatoms. The zero-order valence-corrected chi connectivity index (χ0v) is 17.9. The van der Waals surface area contributed by atoms with E-state index in [-0.39, 0.29) is 36.5 Å². The fourth-order valence-corrected chi connectivity index (χ4v) is 4.18. The number of nitrogens with zero attached hydrogens (tertiary/aromatic N) is 1. The van der Waals surface area contributed by atoms with E-state index in [0.29, 0.717) is 31.9 Å². The highest BCUT2D eigenvalue weighted by molar-refractivity contribution is 5.76. The highest BCUT2D eigenvalue weighted by Gasteiger charge is 2.50. The molecule has 1 amide bonds. The first-order valence-corrected chi connectivity index (χ1v) is 10.7. The first kappa shape index (κ1) is 22.6. The monoisotopic (exact) mass is 445 g/mol. The molecule has 3 heterocycles. The van der Waals surface area contributed by atoms with E-state index in [2.05, 4.69) is 15.6 Å². The van der Waals surface area contributed by atoms with Crippen LogP contribution in [0.5, 0.6) is 5.88 Å². The van der Waals surface area contributed by atoms with Gasteiger partial charge >= 0.3 is 0 Å². The Hall–Kier alpha value is -2.59. The third-order valence-electron chi connectivity index (χ3n) is 5.80. The summed E-state index contributed by atoms with van der Waals surface area (Å²) >= 11 is 0. The summed E-state index contributed by atoms with van der Waals surface area (Å²) in [6.07, 6.45) is 0.277. The van der Waals surface area contributed by atoms with Crippen molar-refractivity contribution < 1.29 is 28.5 Å². The zero-order chi connectivity index (χ0) is 22.5. The maximum absolute atomic E-state index is 13.0. The highest BCUT2D eigenvalue weighted by atomic mass is 19.1. The van der Waals surface area contributed by atoms with Crippen molar-refractivity contribution in [2.24, 2.45) is 0 Å². The minimum Gasteiger partial charge on any atom is -0.481 e. The molecular weight excluding hydrogens is 417 g/mol. The number of hydrogen-bond acceptors (Lipinski definition) is 7. The van der Waals surface area contributed by atoms with Crippen molar-refractivity contribution in [2.45, 2.75) is 56.5 Å². The fraction of sp³-hybridized carbons (Fsp3) is 0.478. The molecule has 3 N–H and O–H groups in total. The number of pyridine rings is 1. The maximum Gasteiger partial charge on any atom is 0.222 e. The van der Waals surface area contributed by atoms with Crippen LogP contribution in [0.1, 0.15) is 24.0 Å². The van der Waals surface area contributed by atoms with Crippen LogP contribution in [-0.2, 0) is 27.4 Å². The third-order valence-corrected chi connectivity index (χ3v) is 5.80. The normalized spacial score (nSPS) is 26.7. The van der Waals surface area contributed by atoms with Crippen molar-refractivity contribution >= 4 is 5.91 Å². The molecule has 0 spiro atoms. The quantitative estimate of drug-likeness (QED) is 0.535. The van der Waals surface area contributed by atoms with E-state index in [9.17, 15) is 14.3 Å². The molecule has 0 saturated carbocycles. The number of carbonyl (C=O) groups is 1. The molecular formula is C23H28FN3O5. The van der Waals surface area contributed by atoms with Gasteiger partial charge in [0.25, 0.3) is 0 Å². The van der Waals surface area contributed by atoms with Gasteiger partial charge in [0.05, 0.1) is 31.8 Å². The average Bonchev–Trinajstić information content (AvgIpc) is 3.32. The summed E-state index contributed by atoms with van der Waals surface area (Å²) in [7, 11) is 1.58. The zero-order valence-electron chi connectivity index (χ0n) is 17.9. The molecule has 5 unspecified atom stereocenters. The molecule has 32 heavy (non-hydrogen) atoms. The number of benzene rings is 1. The van der Waals surface area contributed by atoms with Crippen LogP contribution in [0, 0.1) is 5.82 Å². The van der Waals surface area contributed by atoms with Gasteiger partial charge in [0.2, 0.25) is 11.8 Å². The van der Waals surface area contributed by atoms with E-state index in [4.69, 9.17) is 14.2 Å². The molecule has 5 atom stereocenters. The fourth-order valence-electron chi connectivity index (χ4n) is 4.18. The SMILES string of the molecule is COc1ncccc1CNCC1OC2CC(CC(=O)NCc3ccc(F)cc3)OC2C1O. The Kier molecular flexibility index (Phi) is 7.31. The van der Waals surface area contributed by atoms with Gasteiger partial charge in [-0.2, -0.15) is 0 Å². The summed E-state index contributed by atoms with van der Waals surface area (Å²) in [5, 5.41) is 16.7. The van der Waals surface area contributed by atoms with E-state index >= 15 is 0 Å². The van der Waals surface area contributed by atoms with E-state index in [1.54, 1.807) is 25.4 Å². The molecule has 0 bridgehead atoms. The van der Waals surface area contributed by atoms with Crippen molar-refractivity contribution in [1.82, 2.24) is 15.6 Å². The van der Waals surface area contributed by atoms with Gasteiger partial charge in [0.1, 0.15) is 18.0 Å². The van der Waals surface area contributed by atoms with Gasteiger partial charge in [-0.05, 0) is 23.8 Å². The van der Waals surface area contributed by atoms with E-state index in [1.807, 2.05) is 12.1 Å². The molecule has 2 aliphatic heterocycles.